The van der Waals surface area contributed by atoms with Gasteiger partial charge in [-0.15, -0.1) is 0 Å². The molecule has 1 radical (unpaired) electrons. The van der Waals surface area contributed by atoms with Crippen LogP contribution in [0.5, 0.6) is 0 Å². The molecule has 0 aliphatic heterocycles. The first kappa shape index (κ1) is 16.5. The Balaban J connectivity index is 1.84. The first-order chi connectivity index (χ1) is 11.8. The average molecular weight is 322 g/mol. The highest BCUT2D eigenvalue weighted by Gasteiger charge is 2.29. The molecule has 0 aliphatic carbocycles. The number of rotatable bonds is 7. The van der Waals surface area contributed by atoms with Crippen molar-refractivity contribution >= 4 is 27.5 Å². The van der Waals surface area contributed by atoms with Gasteiger partial charge in [-0.1, -0.05) is 78.6 Å². The monoisotopic (exact) mass is 322 g/mol. The second-order valence-corrected chi connectivity index (χ2v) is 6.12. The number of nitrogens with two attached hydrogens (primary N) is 1. The van der Waals surface area contributed by atoms with Gasteiger partial charge < -0.3 is 0 Å². The van der Waals surface area contributed by atoms with E-state index in [1.165, 1.54) is 19.3 Å². The van der Waals surface area contributed by atoms with Crippen molar-refractivity contribution in [3.63, 3.8) is 0 Å². The SMILES string of the molecule is CCCCCC[NH2+]OC(=[O+])c1c2ccccc2cc2ccccc12. The van der Waals surface area contributed by atoms with Gasteiger partial charge in [-0.3, -0.25) is 0 Å². The number of fused-ring (bicyclic) bond motifs is 2. The molecule has 0 bridgehead atoms. The Bertz CT molecular complexity index is 787. The van der Waals surface area contributed by atoms with E-state index in [0.717, 1.165) is 34.5 Å². The third-order valence-corrected chi connectivity index (χ3v) is 4.34. The van der Waals surface area contributed by atoms with Gasteiger partial charge in [0.05, 0.1) is 4.79 Å². The fourth-order valence-corrected chi connectivity index (χ4v) is 3.08. The summed E-state index contributed by atoms with van der Waals surface area (Å²) in [5.74, 6) is -0.265. The molecule has 0 fully saturated rings. The minimum Gasteiger partial charge on any atom is -0.0838 e. The van der Waals surface area contributed by atoms with Crippen molar-refractivity contribution in [2.24, 2.45) is 0 Å². The minimum atomic E-state index is -0.265. The highest BCUT2D eigenvalue weighted by Crippen LogP contribution is 2.28. The number of hydrogen-bond acceptors (Lipinski definition) is 2. The zero-order valence-corrected chi connectivity index (χ0v) is 14.1. The standard InChI is InChI=1S/C21H23NO2/c1-2-3-4-9-14-22-24-21(23)20-18-12-7-5-10-16(18)15-17-11-6-8-13-19(17)20/h5-8,10-13,15,22H,2-4,9,14H2,1H3/q+1/p+1. The van der Waals surface area contributed by atoms with Gasteiger partial charge in [0.25, 0.3) is 0 Å². The van der Waals surface area contributed by atoms with Crippen LogP contribution in [0.1, 0.15) is 43.0 Å². The first-order valence-corrected chi connectivity index (χ1v) is 8.74. The van der Waals surface area contributed by atoms with Crippen LogP contribution < -0.4 is 5.48 Å². The topological polar surface area (TPSA) is 45.7 Å². The lowest BCUT2D eigenvalue weighted by molar-refractivity contribution is -0.870. The lowest BCUT2D eigenvalue weighted by atomic mass is 9.97. The van der Waals surface area contributed by atoms with Crippen molar-refractivity contribution in [2.75, 3.05) is 6.54 Å². The quantitative estimate of drug-likeness (QED) is 0.306. The molecular formula is C21H24NO2+2. The van der Waals surface area contributed by atoms with Gasteiger partial charge in [-0.25, -0.2) is 0 Å². The molecule has 0 heterocycles. The van der Waals surface area contributed by atoms with Crippen LogP contribution in [0.15, 0.2) is 54.6 Å². The van der Waals surface area contributed by atoms with E-state index in [4.69, 9.17) is 4.84 Å². The second kappa shape index (κ2) is 7.93. The Kier molecular flexibility index (Phi) is 5.44. The molecule has 2 N–H and O–H groups in total. The predicted molar refractivity (Wildman–Crippen MR) is 97.8 cm³/mol. The van der Waals surface area contributed by atoms with Crippen LogP contribution in [-0.2, 0) is 4.84 Å². The molecular weight excluding hydrogens is 298 g/mol. The third kappa shape index (κ3) is 3.57. The molecule has 24 heavy (non-hydrogen) atoms. The maximum Gasteiger partial charge on any atom is 0.671 e. The smallest absolute Gasteiger partial charge is 0.0838 e. The Hall–Kier alpha value is -2.39. The summed E-state index contributed by atoms with van der Waals surface area (Å²) in [5, 5.41) is 4.01. The molecule has 3 nitrogen and oxygen atoms in total. The summed E-state index contributed by atoms with van der Waals surface area (Å²) >= 11 is 0. The fraction of sp³-hybridized carbons (Fsp3) is 0.286. The van der Waals surface area contributed by atoms with Crippen molar-refractivity contribution in [3.05, 3.63) is 60.2 Å². The van der Waals surface area contributed by atoms with E-state index in [-0.39, 0.29) is 5.97 Å². The minimum absolute atomic E-state index is 0.265. The molecule has 0 spiro atoms. The Morgan fingerprint density at radius 2 is 1.54 bits per heavy atom. The number of hydrogen-bond donors (Lipinski definition) is 1. The summed E-state index contributed by atoms with van der Waals surface area (Å²) < 4.78 is 0. The van der Waals surface area contributed by atoms with Crippen molar-refractivity contribution in [1.82, 2.24) is 0 Å². The highest BCUT2D eigenvalue weighted by atomic mass is 16.7. The number of benzene rings is 3. The first-order valence-electron chi connectivity index (χ1n) is 8.74. The van der Waals surface area contributed by atoms with Crippen LogP contribution in [0, 0.1) is 0 Å². The van der Waals surface area contributed by atoms with Gasteiger partial charge in [0.15, 0.2) is 5.56 Å². The van der Waals surface area contributed by atoms with E-state index < -0.39 is 0 Å². The number of quaternary nitrogens is 1. The van der Waals surface area contributed by atoms with E-state index in [1.807, 2.05) is 48.5 Å². The molecule has 0 aliphatic rings. The highest BCUT2D eigenvalue weighted by molar-refractivity contribution is 6.16. The zero-order valence-electron chi connectivity index (χ0n) is 14.1. The predicted octanol–water partition coefficient (Wildman–Crippen LogP) is 4.21. The van der Waals surface area contributed by atoms with Gasteiger partial charge >= 0.3 is 5.97 Å². The number of hydroxylamine groups is 1. The number of carbonyl (C=O) groups is 1. The van der Waals surface area contributed by atoms with E-state index in [1.54, 1.807) is 5.48 Å². The molecule has 3 aromatic rings. The van der Waals surface area contributed by atoms with Gasteiger partial charge in [0, 0.05) is 17.2 Å². The number of unbranched alkanes of at least 4 members (excludes halogenated alkanes) is 3. The molecule has 0 saturated carbocycles. The molecule has 3 rings (SSSR count). The summed E-state index contributed by atoms with van der Waals surface area (Å²) in [7, 11) is 0. The van der Waals surface area contributed by atoms with Crippen molar-refractivity contribution in [1.29, 1.82) is 0 Å². The van der Waals surface area contributed by atoms with Crippen LogP contribution in [0.3, 0.4) is 0 Å². The van der Waals surface area contributed by atoms with Crippen LogP contribution in [0.2, 0.25) is 0 Å². The lowest BCUT2D eigenvalue weighted by Gasteiger charge is -2.05. The molecule has 123 valence electrons. The Morgan fingerprint density at radius 1 is 0.917 bits per heavy atom. The van der Waals surface area contributed by atoms with E-state index in [0.29, 0.717) is 5.56 Å². The van der Waals surface area contributed by atoms with Crippen LogP contribution in [0.25, 0.3) is 21.5 Å². The van der Waals surface area contributed by atoms with Crippen molar-refractivity contribution < 1.29 is 15.1 Å². The second-order valence-electron chi connectivity index (χ2n) is 6.12. The molecule has 0 atom stereocenters. The van der Waals surface area contributed by atoms with E-state index >= 15 is 0 Å². The summed E-state index contributed by atoms with van der Waals surface area (Å²) in [6.45, 7) is 3.00. The zero-order chi connectivity index (χ0) is 16.8. The maximum atomic E-state index is 12.7. The number of carbonyl (C=O) groups excluding carboxylic acids is 1. The summed E-state index contributed by atoms with van der Waals surface area (Å²) in [5.41, 5.74) is 2.32. The molecule has 0 amide bonds. The third-order valence-electron chi connectivity index (χ3n) is 4.34. The molecule has 0 aromatic heterocycles. The lowest BCUT2D eigenvalue weighted by Crippen LogP contribution is -2.84. The average Bonchev–Trinajstić information content (AvgIpc) is 2.62. The summed E-state index contributed by atoms with van der Waals surface area (Å²) in [6, 6.07) is 18.1. The molecule has 3 heteroatoms. The molecule has 0 saturated heterocycles. The van der Waals surface area contributed by atoms with E-state index in [2.05, 4.69) is 13.0 Å². The summed E-state index contributed by atoms with van der Waals surface area (Å²) in [6.07, 6.45) is 4.69. The van der Waals surface area contributed by atoms with Gasteiger partial charge in [-0.05, 0) is 23.3 Å². The van der Waals surface area contributed by atoms with Gasteiger partial charge in [0.2, 0.25) is 0 Å². The fourth-order valence-electron chi connectivity index (χ4n) is 3.08. The van der Waals surface area contributed by atoms with Crippen LogP contribution >= 0.6 is 0 Å². The van der Waals surface area contributed by atoms with Gasteiger partial charge in [0.1, 0.15) is 6.54 Å². The Morgan fingerprint density at radius 3 is 2.17 bits per heavy atom. The largest absolute Gasteiger partial charge is 0.671 e. The maximum absolute atomic E-state index is 12.7. The van der Waals surface area contributed by atoms with E-state index in [9.17, 15) is 4.79 Å². The molecule has 3 aromatic carbocycles. The van der Waals surface area contributed by atoms with Crippen LogP contribution in [0.4, 0.5) is 0 Å². The van der Waals surface area contributed by atoms with Crippen molar-refractivity contribution in [2.45, 2.75) is 32.6 Å². The normalized spacial score (nSPS) is 11.0. The van der Waals surface area contributed by atoms with Gasteiger partial charge in [-0.2, -0.15) is 0 Å². The van der Waals surface area contributed by atoms with Crippen molar-refractivity contribution in [3.8, 4) is 0 Å². The Labute approximate surface area is 142 Å². The summed E-state index contributed by atoms with van der Waals surface area (Å²) in [4.78, 5) is 18.2. The molecule has 0 unspecified atom stereocenters. The van der Waals surface area contributed by atoms with Crippen LogP contribution in [-0.4, -0.2) is 12.5 Å².